The summed E-state index contributed by atoms with van der Waals surface area (Å²) in [5.74, 6) is 4.58. The Morgan fingerprint density at radius 1 is 1.23 bits per heavy atom. The van der Waals surface area contributed by atoms with Crippen LogP contribution in [-0.4, -0.2) is 17.7 Å². The number of rotatable bonds is 3. The first kappa shape index (κ1) is 15.4. The van der Waals surface area contributed by atoms with Gasteiger partial charge in [-0.2, -0.15) is 0 Å². The highest BCUT2D eigenvalue weighted by atomic mass is 19.1. The third-order valence-corrected chi connectivity index (χ3v) is 2.72. The zero-order valence-corrected chi connectivity index (χ0v) is 11.7. The highest BCUT2D eigenvalue weighted by Gasteiger charge is 2.01. The van der Waals surface area contributed by atoms with Gasteiger partial charge in [-0.15, -0.1) is 0 Å². The zero-order chi connectivity index (χ0) is 15.8. The molecule has 1 amide bonds. The Morgan fingerprint density at radius 3 is 2.77 bits per heavy atom. The predicted molar refractivity (Wildman–Crippen MR) is 79.6 cm³/mol. The molecular formula is C17H14FNO3. The van der Waals surface area contributed by atoms with Crippen molar-refractivity contribution in [2.75, 3.05) is 6.54 Å². The number of phenols is 1. The Kier molecular flexibility index (Phi) is 5.38. The maximum Gasteiger partial charge on any atom is 0.408 e. The van der Waals surface area contributed by atoms with Crippen molar-refractivity contribution >= 4 is 6.09 Å². The molecule has 0 fully saturated rings. The lowest BCUT2D eigenvalue weighted by Crippen LogP contribution is -2.24. The van der Waals surface area contributed by atoms with Gasteiger partial charge in [0, 0.05) is 0 Å². The van der Waals surface area contributed by atoms with Crippen LogP contribution in [0.25, 0.3) is 0 Å². The van der Waals surface area contributed by atoms with Crippen LogP contribution in [0.1, 0.15) is 11.1 Å². The molecule has 0 aliphatic heterocycles. The van der Waals surface area contributed by atoms with Gasteiger partial charge in [0.25, 0.3) is 0 Å². The molecule has 0 aliphatic carbocycles. The van der Waals surface area contributed by atoms with Crippen molar-refractivity contribution < 1.29 is 19.0 Å². The predicted octanol–water partition coefficient (Wildman–Crippen LogP) is 2.81. The van der Waals surface area contributed by atoms with E-state index in [1.54, 1.807) is 0 Å². The highest BCUT2D eigenvalue weighted by molar-refractivity contribution is 5.67. The first-order chi connectivity index (χ1) is 10.6. The summed E-state index contributed by atoms with van der Waals surface area (Å²) >= 11 is 0. The fourth-order valence-corrected chi connectivity index (χ4v) is 1.64. The minimum Gasteiger partial charge on any atom is -0.507 e. The van der Waals surface area contributed by atoms with E-state index in [4.69, 9.17) is 4.74 Å². The fourth-order valence-electron chi connectivity index (χ4n) is 1.64. The van der Waals surface area contributed by atoms with E-state index in [2.05, 4.69) is 17.2 Å². The number of ether oxygens (including phenoxy) is 1. The molecule has 5 heteroatoms. The molecule has 112 valence electrons. The molecule has 2 aromatic carbocycles. The number of benzene rings is 2. The first-order valence-electron chi connectivity index (χ1n) is 6.57. The Morgan fingerprint density at radius 2 is 2.00 bits per heavy atom. The average molecular weight is 299 g/mol. The number of nitrogens with one attached hydrogen (secondary N) is 1. The van der Waals surface area contributed by atoms with E-state index in [-0.39, 0.29) is 24.5 Å². The van der Waals surface area contributed by atoms with Crippen molar-refractivity contribution in [3.8, 4) is 17.6 Å². The first-order valence-corrected chi connectivity index (χ1v) is 6.57. The van der Waals surface area contributed by atoms with E-state index in [1.807, 2.05) is 30.3 Å². The van der Waals surface area contributed by atoms with Gasteiger partial charge in [0.2, 0.25) is 0 Å². The van der Waals surface area contributed by atoms with Crippen LogP contribution in [-0.2, 0) is 11.3 Å². The quantitative estimate of drug-likeness (QED) is 0.857. The molecule has 2 N–H and O–H groups in total. The Bertz CT molecular complexity index is 705. The van der Waals surface area contributed by atoms with Gasteiger partial charge in [0.15, 0.2) is 0 Å². The minimum atomic E-state index is -0.596. The van der Waals surface area contributed by atoms with Crippen molar-refractivity contribution in [3.63, 3.8) is 0 Å². The number of alkyl carbamates (subject to hydrolysis) is 1. The molecule has 2 aromatic rings. The monoisotopic (exact) mass is 299 g/mol. The number of hydrogen-bond donors (Lipinski definition) is 2. The summed E-state index contributed by atoms with van der Waals surface area (Å²) in [6, 6.07) is 12.8. The molecule has 0 saturated carbocycles. The topological polar surface area (TPSA) is 58.6 Å². The maximum atomic E-state index is 13.0. The zero-order valence-electron chi connectivity index (χ0n) is 11.7. The Labute approximate surface area is 127 Å². The van der Waals surface area contributed by atoms with E-state index < -0.39 is 11.9 Å². The molecule has 0 heterocycles. The molecule has 0 radical (unpaired) electrons. The molecule has 0 atom stereocenters. The van der Waals surface area contributed by atoms with Gasteiger partial charge in [0.05, 0.1) is 12.1 Å². The SMILES string of the molecule is O=C(NCC#Cc1cc(F)ccc1O)OCc1ccccc1. The van der Waals surface area contributed by atoms with E-state index in [0.29, 0.717) is 0 Å². The number of phenolic OH excluding ortho intramolecular Hbond substituents is 1. The van der Waals surface area contributed by atoms with Gasteiger partial charge in [-0.05, 0) is 23.8 Å². The van der Waals surface area contributed by atoms with E-state index in [9.17, 15) is 14.3 Å². The summed E-state index contributed by atoms with van der Waals surface area (Å²) in [5.41, 5.74) is 1.05. The summed E-state index contributed by atoms with van der Waals surface area (Å²) in [4.78, 5) is 11.4. The number of aromatic hydroxyl groups is 1. The largest absolute Gasteiger partial charge is 0.507 e. The average Bonchev–Trinajstić information content (AvgIpc) is 2.53. The van der Waals surface area contributed by atoms with Crippen molar-refractivity contribution in [1.82, 2.24) is 5.32 Å². The second-order valence-corrected chi connectivity index (χ2v) is 4.38. The normalized spacial score (nSPS) is 9.50. The van der Waals surface area contributed by atoms with E-state index >= 15 is 0 Å². The van der Waals surface area contributed by atoms with E-state index in [0.717, 1.165) is 17.7 Å². The molecule has 0 unspecified atom stereocenters. The minimum absolute atomic E-state index is 0.0313. The second-order valence-electron chi connectivity index (χ2n) is 4.38. The summed E-state index contributed by atoms with van der Waals surface area (Å²) in [5, 5.41) is 11.9. The van der Waals surface area contributed by atoms with Crippen LogP contribution in [0, 0.1) is 17.7 Å². The van der Waals surface area contributed by atoms with Gasteiger partial charge in [-0.25, -0.2) is 9.18 Å². The molecule has 0 spiro atoms. The molecule has 0 aliphatic rings. The smallest absolute Gasteiger partial charge is 0.408 e. The standard InChI is InChI=1S/C17H14FNO3/c18-15-8-9-16(20)14(11-15)7-4-10-19-17(21)22-12-13-5-2-1-3-6-13/h1-3,5-6,8-9,11,20H,10,12H2,(H,19,21). The van der Waals surface area contributed by atoms with Crippen molar-refractivity contribution in [1.29, 1.82) is 0 Å². The molecule has 0 bridgehead atoms. The Hall–Kier alpha value is -3.00. The number of hydrogen-bond acceptors (Lipinski definition) is 3. The summed E-state index contributed by atoms with van der Waals surface area (Å²) < 4.78 is 18.0. The molecule has 2 rings (SSSR count). The van der Waals surface area contributed by atoms with Crippen molar-refractivity contribution in [3.05, 3.63) is 65.5 Å². The molecular weight excluding hydrogens is 285 g/mol. The van der Waals surface area contributed by atoms with E-state index in [1.165, 1.54) is 6.07 Å². The van der Waals surface area contributed by atoms with Gasteiger partial charge in [0.1, 0.15) is 18.2 Å². The van der Waals surface area contributed by atoms with Gasteiger partial charge in [-0.3, -0.25) is 0 Å². The summed E-state index contributed by atoms with van der Waals surface area (Å²) in [6.07, 6.45) is -0.596. The number of amides is 1. The van der Waals surface area contributed by atoms with Crippen molar-refractivity contribution in [2.24, 2.45) is 0 Å². The lowest BCUT2D eigenvalue weighted by atomic mass is 10.2. The van der Waals surface area contributed by atoms with Crippen LogP contribution in [0.5, 0.6) is 5.75 Å². The van der Waals surface area contributed by atoms with Crippen LogP contribution in [0.3, 0.4) is 0 Å². The third kappa shape index (κ3) is 4.84. The van der Waals surface area contributed by atoms with Crippen LogP contribution >= 0.6 is 0 Å². The third-order valence-electron chi connectivity index (χ3n) is 2.72. The fraction of sp³-hybridized carbons (Fsp3) is 0.118. The molecule has 4 nitrogen and oxygen atoms in total. The Balaban J connectivity index is 1.78. The number of halogens is 1. The van der Waals surface area contributed by atoms with Gasteiger partial charge < -0.3 is 15.2 Å². The van der Waals surface area contributed by atoms with Crippen LogP contribution in [0.4, 0.5) is 9.18 Å². The van der Waals surface area contributed by atoms with Crippen LogP contribution in [0.15, 0.2) is 48.5 Å². The number of carbonyl (C=O) groups excluding carboxylic acids is 1. The lowest BCUT2D eigenvalue weighted by molar-refractivity contribution is 0.141. The molecule has 0 aromatic heterocycles. The van der Waals surface area contributed by atoms with Crippen molar-refractivity contribution in [2.45, 2.75) is 6.61 Å². The number of carbonyl (C=O) groups is 1. The molecule has 22 heavy (non-hydrogen) atoms. The van der Waals surface area contributed by atoms with Gasteiger partial charge >= 0.3 is 6.09 Å². The van der Waals surface area contributed by atoms with Crippen LogP contribution < -0.4 is 5.32 Å². The summed E-state index contributed by atoms with van der Waals surface area (Å²) in [6.45, 7) is 0.203. The highest BCUT2D eigenvalue weighted by Crippen LogP contribution is 2.15. The van der Waals surface area contributed by atoms with Crippen LogP contribution in [0.2, 0.25) is 0 Å². The van der Waals surface area contributed by atoms with Gasteiger partial charge in [-0.1, -0.05) is 42.2 Å². The molecule has 0 saturated heterocycles. The summed E-state index contributed by atoms with van der Waals surface area (Å²) in [7, 11) is 0. The lowest BCUT2D eigenvalue weighted by Gasteiger charge is -2.04. The maximum absolute atomic E-state index is 13.0. The second kappa shape index (κ2) is 7.70.